The zero-order chi connectivity index (χ0) is 18.0. The highest BCUT2D eigenvalue weighted by Gasteiger charge is 2.15. The Bertz CT molecular complexity index is 883. The Labute approximate surface area is 150 Å². The molecule has 0 spiro atoms. The molecular formula is C22H26N2O. The van der Waals surface area contributed by atoms with Crippen molar-refractivity contribution in [3.8, 4) is 16.9 Å². The van der Waals surface area contributed by atoms with Gasteiger partial charge in [-0.15, -0.1) is 0 Å². The van der Waals surface area contributed by atoms with E-state index in [9.17, 15) is 0 Å². The van der Waals surface area contributed by atoms with E-state index in [0.717, 1.165) is 34.3 Å². The van der Waals surface area contributed by atoms with Crippen molar-refractivity contribution in [2.24, 2.45) is 0 Å². The maximum Gasteiger partial charge on any atom is 0.138 e. The van der Waals surface area contributed by atoms with Crippen LogP contribution in [0.1, 0.15) is 16.7 Å². The standard InChI is InChI=1S/C22H26N2O/c1-15-6-8-18(9-7-15)19-14-23-20-13-16(2)12-17(3)21(20)22(19)25-11-10-24(4)5/h6-9,12-14H,10-11H2,1-5H3. The number of fused-ring (bicyclic) bond motifs is 1. The maximum atomic E-state index is 6.28. The van der Waals surface area contributed by atoms with E-state index < -0.39 is 0 Å². The van der Waals surface area contributed by atoms with E-state index in [2.05, 4.69) is 76.2 Å². The lowest BCUT2D eigenvalue weighted by atomic mass is 9.99. The van der Waals surface area contributed by atoms with Gasteiger partial charge in [-0.2, -0.15) is 0 Å². The van der Waals surface area contributed by atoms with Crippen LogP contribution in [-0.4, -0.2) is 37.1 Å². The Morgan fingerprint density at radius 2 is 1.68 bits per heavy atom. The summed E-state index contributed by atoms with van der Waals surface area (Å²) in [6.07, 6.45) is 1.94. The second-order valence-electron chi connectivity index (χ2n) is 6.99. The van der Waals surface area contributed by atoms with Crippen LogP contribution in [0.2, 0.25) is 0 Å². The average molecular weight is 334 g/mol. The lowest BCUT2D eigenvalue weighted by Gasteiger charge is -2.18. The van der Waals surface area contributed by atoms with Crippen molar-refractivity contribution in [1.82, 2.24) is 9.88 Å². The number of aromatic nitrogens is 1. The third kappa shape index (κ3) is 3.83. The smallest absolute Gasteiger partial charge is 0.138 e. The fourth-order valence-corrected chi connectivity index (χ4v) is 3.09. The van der Waals surface area contributed by atoms with E-state index in [1.54, 1.807) is 0 Å². The number of benzene rings is 2. The Hall–Kier alpha value is -2.39. The molecule has 0 amide bonds. The first kappa shape index (κ1) is 17.4. The summed E-state index contributed by atoms with van der Waals surface area (Å²) < 4.78 is 6.28. The molecule has 0 aliphatic heterocycles. The minimum atomic E-state index is 0.651. The summed E-state index contributed by atoms with van der Waals surface area (Å²) in [4.78, 5) is 6.85. The Balaban J connectivity index is 2.16. The van der Waals surface area contributed by atoms with Gasteiger partial charge in [0.15, 0.2) is 0 Å². The highest BCUT2D eigenvalue weighted by Crippen LogP contribution is 2.37. The molecule has 3 nitrogen and oxygen atoms in total. The van der Waals surface area contributed by atoms with E-state index in [4.69, 9.17) is 9.72 Å². The van der Waals surface area contributed by atoms with Gasteiger partial charge in [-0.05, 0) is 57.6 Å². The first-order valence-corrected chi connectivity index (χ1v) is 8.70. The third-order valence-electron chi connectivity index (χ3n) is 4.41. The molecule has 130 valence electrons. The molecule has 0 unspecified atom stereocenters. The number of likely N-dealkylation sites (N-methyl/N-ethyl adjacent to an activating group) is 1. The van der Waals surface area contributed by atoms with E-state index >= 15 is 0 Å². The van der Waals surface area contributed by atoms with Crippen LogP contribution >= 0.6 is 0 Å². The summed E-state index contributed by atoms with van der Waals surface area (Å²) in [5.74, 6) is 0.938. The maximum absolute atomic E-state index is 6.28. The lowest BCUT2D eigenvalue weighted by molar-refractivity contribution is 0.264. The van der Waals surface area contributed by atoms with Crippen LogP contribution in [0.25, 0.3) is 22.0 Å². The average Bonchev–Trinajstić information content (AvgIpc) is 2.55. The summed E-state index contributed by atoms with van der Waals surface area (Å²) in [5, 5.41) is 1.11. The second-order valence-corrected chi connectivity index (χ2v) is 6.99. The lowest BCUT2D eigenvalue weighted by Crippen LogP contribution is -2.19. The predicted octanol–water partition coefficient (Wildman–Crippen LogP) is 4.77. The van der Waals surface area contributed by atoms with Gasteiger partial charge < -0.3 is 9.64 Å². The molecule has 0 saturated carbocycles. The minimum absolute atomic E-state index is 0.651. The molecule has 2 aromatic carbocycles. The molecule has 0 radical (unpaired) electrons. The summed E-state index contributed by atoms with van der Waals surface area (Å²) in [7, 11) is 4.12. The fraction of sp³-hybridized carbons (Fsp3) is 0.318. The molecule has 3 aromatic rings. The van der Waals surface area contributed by atoms with Gasteiger partial charge >= 0.3 is 0 Å². The molecular weight excluding hydrogens is 308 g/mol. The van der Waals surface area contributed by atoms with Gasteiger partial charge in [-0.25, -0.2) is 0 Å². The van der Waals surface area contributed by atoms with E-state index in [-0.39, 0.29) is 0 Å². The van der Waals surface area contributed by atoms with Crippen molar-refractivity contribution in [1.29, 1.82) is 0 Å². The molecule has 25 heavy (non-hydrogen) atoms. The topological polar surface area (TPSA) is 25.4 Å². The Morgan fingerprint density at radius 1 is 0.960 bits per heavy atom. The predicted molar refractivity (Wildman–Crippen MR) is 105 cm³/mol. The van der Waals surface area contributed by atoms with Crippen molar-refractivity contribution >= 4 is 10.9 Å². The van der Waals surface area contributed by atoms with Crippen molar-refractivity contribution in [3.05, 3.63) is 59.3 Å². The van der Waals surface area contributed by atoms with Crippen LogP contribution in [0.4, 0.5) is 0 Å². The van der Waals surface area contributed by atoms with Crippen molar-refractivity contribution < 1.29 is 4.74 Å². The number of aryl methyl sites for hydroxylation is 3. The van der Waals surface area contributed by atoms with Crippen LogP contribution in [0.15, 0.2) is 42.6 Å². The summed E-state index contributed by atoms with van der Waals surface area (Å²) in [6, 6.07) is 12.9. The molecule has 3 rings (SSSR count). The molecule has 0 saturated heterocycles. The van der Waals surface area contributed by atoms with Crippen molar-refractivity contribution in [2.75, 3.05) is 27.2 Å². The molecule has 1 heterocycles. The van der Waals surface area contributed by atoms with Crippen molar-refractivity contribution in [3.63, 3.8) is 0 Å². The summed E-state index contributed by atoms with van der Waals surface area (Å²) in [6.45, 7) is 7.87. The van der Waals surface area contributed by atoms with Gasteiger partial charge in [0.05, 0.1) is 5.52 Å². The number of pyridine rings is 1. The van der Waals surface area contributed by atoms with E-state index in [1.165, 1.54) is 16.7 Å². The third-order valence-corrected chi connectivity index (χ3v) is 4.41. The van der Waals surface area contributed by atoms with Crippen LogP contribution in [0, 0.1) is 20.8 Å². The molecule has 0 fully saturated rings. The molecule has 0 aliphatic rings. The van der Waals surface area contributed by atoms with Gasteiger partial charge in [-0.1, -0.05) is 35.9 Å². The molecule has 1 aromatic heterocycles. The SMILES string of the molecule is Cc1ccc(-c2cnc3cc(C)cc(C)c3c2OCCN(C)C)cc1. The Morgan fingerprint density at radius 3 is 2.36 bits per heavy atom. The van der Waals surface area contributed by atoms with Crippen LogP contribution in [0.5, 0.6) is 5.75 Å². The van der Waals surface area contributed by atoms with Gasteiger partial charge in [0.2, 0.25) is 0 Å². The second kappa shape index (κ2) is 7.24. The molecule has 0 atom stereocenters. The van der Waals surface area contributed by atoms with Gasteiger partial charge in [0.25, 0.3) is 0 Å². The quantitative estimate of drug-likeness (QED) is 0.672. The summed E-state index contributed by atoms with van der Waals surface area (Å²) in [5.41, 5.74) is 6.86. The minimum Gasteiger partial charge on any atom is -0.491 e. The van der Waals surface area contributed by atoms with Gasteiger partial charge in [-0.3, -0.25) is 4.98 Å². The Kier molecular flexibility index (Phi) is 5.05. The first-order valence-electron chi connectivity index (χ1n) is 8.70. The van der Waals surface area contributed by atoms with E-state index in [0.29, 0.717) is 6.61 Å². The zero-order valence-electron chi connectivity index (χ0n) is 15.8. The fourth-order valence-electron chi connectivity index (χ4n) is 3.09. The number of nitrogens with zero attached hydrogens (tertiary/aromatic N) is 2. The highest BCUT2D eigenvalue weighted by atomic mass is 16.5. The van der Waals surface area contributed by atoms with Crippen LogP contribution in [0.3, 0.4) is 0 Å². The van der Waals surface area contributed by atoms with Crippen LogP contribution < -0.4 is 4.74 Å². The normalized spacial score (nSPS) is 11.3. The van der Waals surface area contributed by atoms with Gasteiger partial charge in [0, 0.05) is 23.7 Å². The number of hydrogen-bond donors (Lipinski definition) is 0. The molecule has 0 bridgehead atoms. The van der Waals surface area contributed by atoms with Crippen LogP contribution in [-0.2, 0) is 0 Å². The van der Waals surface area contributed by atoms with Crippen molar-refractivity contribution in [2.45, 2.75) is 20.8 Å². The first-order chi connectivity index (χ1) is 12.0. The van der Waals surface area contributed by atoms with Gasteiger partial charge in [0.1, 0.15) is 12.4 Å². The number of ether oxygens (including phenoxy) is 1. The zero-order valence-corrected chi connectivity index (χ0v) is 15.8. The number of rotatable bonds is 5. The highest BCUT2D eigenvalue weighted by molar-refractivity contribution is 5.94. The summed E-state index contributed by atoms with van der Waals surface area (Å²) >= 11 is 0. The molecule has 0 aliphatic carbocycles. The molecule has 0 N–H and O–H groups in total. The monoisotopic (exact) mass is 334 g/mol. The van der Waals surface area contributed by atoms with E-state index in [1.807, 2.05) is 6.20 Å². The largest absolute Gasteiger partial charge is 0.491 e. The number of hydrogen-bond acceptors (Lipinski definition) is 3. The molecule has 3 heteroatoms.